The van der Waals surface area contributed by atoms with Gasteiger partial charge in [-0.15, -0.1) is 0 Å². The molecule has 1 saturated carbocycles. The number of aromatic nitrogens is 1. The predicted molar refractivity (Wildman–Crippen MR) is 147 cm³/mol. The van der Waals surface area contributed by atoms with Crippen molar-refractivity contribution in [2.75, 3.05) is 41.0 Å². The van der Waals surface area contributed by atoms with E-state index in [0.29, 0.717) is 52.8 Å². The van der Waals surface area contributed by atoms with E-state index in [1.54, 1.807) is 36.5 Å². The number of halogens is 1. The molecule has 4 rings (SSSR count). The smallest absolute Gasteiger partial charge is 0.494 e. The average molecular weight is 552 g/mol. The summed E-state index contributed by atoms with van der Waals surface area (Å²) in [6.07, 6.45) is 3.08. The summed E-state index contributed by atoms with van der Waals surface area (Å²) in [6, 6.07) is 13.3. The SMILES string of the molecule is COc1ccc(CNC(=O)c2cc(-c3ncccc3COC(=O)OCCN(C)C)ccc2OCC2CC2)cc1F. The maximum atomic E-state index is 14.1. The fraction of sp³-hybridized carbons (Fsp3) is 0.367. The van der Waals surface area contributed by atoms with Gasteiger partial charge in [0.25, 0.3) is 5.91 Å². The van der Waals surface area contributed by atoms with Crippen LogP contribution >= 0.6 is 0 Å². The summed E-state index contributed by atoms with van der Waals surface area (Å²) in [5.74, 6) is 0.205. The highest BCUT2D eigenvalue weighted by Crippen LogP contribution is 2.32. The maximum absolute atomic E-state index is 14.1. The highest BCUT2D eigenvalue weighted by Gasteiger charge is 2.24. The zero-order valence-corrected chi connectivity index (χ0v) is 22.9. The van der Waals surface area contributed by atoms with Crippen molar-refractivity contribution in [2.24, 2.45) is 5.92 Å². The van der Waals surface area contributed by atoms with Crippen molar-refractivity contribution >= 4 is 12.1 Å². The quantitative estimate of drug-likeness (QED) is 0.302. The summed E-state index contributed by atoms with van der Waals surface area (Å²) in [4.78, 5) is 31.7. The maximum Gasteiger partial charge on any atom is 0.508 e. The first-order chi connectivity index (χ1) is 19.3. The molecule has 1 aliphatic carbocycles. The van der Waals surface area contributed by atoms with Gasteiger partial charge in [-0.2, -0.15) is 0 Å². The molecule has 0 atom stereocenters. The summed E-state index contributed by atoms with van der Waals surface area (Å²) in [7, 11) is 5.16. The number of amides is 1. The Bertz CT molecular complexity index is 1330. The van der Waals surface area contributed by atoms with Crippen LogP contribution in [0, 0.1) is 11.7 Å². The van der Waals surface area contributed by atoms with Crippen molar-refractivity contribution in [1.82, 2.24) is 15.2 Å². The molecule has 0 spiro atoms. The second kappa shape index (κ2) is 13.7. The Morgan fingerprint density at radius 1 is 1.07 bits per heavy atom. The Hall–Kier alpha value is -4.18. The Balaban J connectivity index is 1.51. The van der Waals surface area contributed by atoms with Gasteiger partial charge in [0.1, 0.15) is 19.0 Å². The van der Waals surface area contributed by atoms with E-state index in [2.05, 4.69) is 10.3 Å². The van der Waals surface area contributed by atoms with Crippen molar-refractivity contribution < 1.29 is 32.9 Å². The van der Waals surface area contributed by atoms with Crippen molar-refractivity contribution in [2.45, 2.75) is 26.0 Å². The Morgan fingerprint density at radius 2 is 1.88 bits per heavy atom. The van der Waals surface area contributed by atoms with Gasteiger partial charge in [-0.05, 0) is 74.8 Å². The summed E-state index contributed by atoms with van der Waals surface area (Å²) in [5.41, 5.74) is 2.78. The number of hydrogen-bond acceptors (Lipinski definition) is 8. The standard InChI is InChI=1S/C30H34FN3O6/c1-34(2)13-14-38-30(36)40-19-23-5-4-12-32-28(23)22-9-11-26(39-18-20-6-7-20)24(16-22)29(35)33-17-21-8-10-27(37-3)25(31)15-21/h4-5,8-12,15-16,20H,6-7,13-14,17-19H2,1-3H3,(H,33,35). The molecule has 0 saturated heterocycles. The average Bonchev–Trinajstić information content (AvgIpc) is 3.78. The third-order valence-corrected chi connectivity index (χ3v) is 6.33. The van der Waals surface area contributed by atoms with Gasteiger partial charge >= 0.3 is 6.16 Å². The minimum atomic E-state index is -0.768. The van der Waals surface area contributed by atoms with Crippen molar-refractivity contribution in [3.8, 4) is 22.8 Å². The number of ether oxygens (including phenoxy) is 4. The summed E-state index contributed by atoms with van der Waals surface area (Å²) in [6.45, 7) is 1.40. The summed E-state index contributed by atoms with van der Waals surface area (Å²) >= 11 is 0. The minimum absolute atomic E-state index is 0.0472. The number of carbonyl (C=O) groups is 2. The third-order valence-electron chi connectivity index (χ3n) is 6.33. The molecule has 3 aromatic rings. The number of pyridine rings is 1. The van der Waals surface area contributed by atoms with E-state index in [1.807, 2.05) is 25.1 Å². The van der Waals surface area contributed by atoms with Gasteiger partial charge in [-0.25, -0.2) is 9.18 Å². The number of methoxy groups -OCH3 is 1. The number of nitrogens with one attached hydrogen (secondary N) is 1. The van der Waals surface area contributed by atoms with E-state index in [1.165, 1.54) is 19.2 Å². The van der Waals surface area contributed by atoms with Crippen LogP contribution in [0.3, 0.4) is 0 Å². The molecule has 1 fully saturated rings. The molecule has 0 radical (unpaired) electrons. The number of benzene rings is 2. The Labute approximate surface area is 233 Å². The third kappa shape index (κ3) is 8.16. The number of rotatable bonds is 13. The van der Waals surface area contributed by atoms with Crippen molar-refractivity contribution in [1.29, 1.82) is 0 Å². The van der Waals surface area contributed by atoms with Crippen LogP contribution in [0.25, 0.3) is 11.3 Å². The Kier molecular flexibility index (Phi) is 9.91. The van der Waals surface area contributed by atoms with Gasteiger partial charge in [-0.3, -0.25) is 9.78 Å². The van der Waals surface area contributed by atoms with Crippen LogP contribution in [-0.2, 0) is 22.6 Å². The first kappa shape index (κ1) is 28.8. The molecular weight excluding hydrogens is 517 g/mol. The van der Waals surface area contributed by atoms with E-state index in [4.69, 9.17) is 18.9 Å². The van der Waals surface area contributed by atoms with E-state index in [0.717, 1.165) is 12.8 Å². The topological polar surface area (TPSA) is 99.2 Å². The first-order valence-electron chi connectivity index (χ1n) is 13.1. The molecule has 212 valence electrons. The molecule has 1 amide bonds. The van der Waals surface area contributed by atoms with Gasteiger partial charge in [0.05, 0.1) is 25.0 Å². The molecule has 1 N–H and O–H groups in total. The molecule has 1 aromatic heterocycles. The zero-order valence-electron chi connectivity index (χ0n) is 22.9. The molecule has 1 heterocycles. The zero-order chi connectivity index (χ0) is 28.5. The minimum Gasteiger partial charge on any atom is -0.494 e. The van der Waals surface area contributed by atoms with Crippen LogP contribution in [0.4, 0.5) is 9.18 Å². The Morgan fingerprint density at radius 3 is 2.60 bits per heavy atom. The van der Waals surface area contributed by atoms with Gasteiger partial charge in [0.15, 0.2) is 11.6 Å². The van der Waals surface area contributed by atoms with Gasteiger partial charge < -0.3 is 29.2 Å². The molecule has 1 aliphatic rings. The van der Waals surface area contributed by atoms with E-state index >= 15 is 0 Å². The second-order valence-corrected chi connectivity index (χ2v) is 9.82. The molecule has 10 heteroatoms. The monoisotopic (exact) mass is 551 g/mol. The molecule has 0 unspecified atom stereocenters. The van der Waals surface area contributed by atoms with Crippen LogP contribution in [0.15, 0.2) is 54.7 Å². The van der Waals surface area contributed by atoms with Crippen LogP contribution in [0.5, 0.6) is 11.5 Å². The van der Waals surface area contributed by atoms with Crippen LogP contribution in [0.2, 0.25) is 0 Å². The van der Waals surface area contributed by atoms with Crippen LogP contribution < -0.4 is 14.8 Å². The van der Waals surface area contributed by atoms with Crippen LogP contribution in [0.1, 0.15) is 34.3 Å². The largest absolute Gasteiger partial charge is 0.508 e. The van der Waals surface area contributed by atoms with Gasteiger partial charge in [0.2, 0.25) is 0 Å². The number of likely N-dealkylation sites (N-methyl/N-ethyl adjacent to an activating group) is 1. The fourth-order valence-corrected chi connectivity index (χ4v) is 3.88. The normalized spacial score (nSPS) is 12.6. The molecule has 0 aliphatic heterocycles. The van der Waals surface area contributed by atoms with Gasteiger partial charge in [0, 0.05) is 30.4 Å². The lowest BCUT2D eigenvalue weighted by Crippen LogP contribution is -2.24. The molecule has 2 aromatic carbocycles. The molecule has 9 nitrogen and oxygen atoms in total. The highest BCUT2D eigenvalue weighted by atomic mass is 19.1. The summed E-state index contributed by atoms with van der Waals surface area (Å²) < 4.78 is 35.5. The first-order valence-corrected chi connectivity index (χ1v) is 13.1. The number of nitrogens with zero attached hydrogens (tertiary/aromatic N) is 2. The van der Waals surface area contributed by atoms with E-state index in [-0.39, 0.29) is 31.4 Å². The number of hydrogen-bond donors (Lipinski definition) is 1. The fourth-order valence-electron chi connectivity index (χ4n) is 3.88. The van der Waals surface area contributed by atoms with Crippen LogP contribution in [-0.4, -0.2) is 62.9 Å². The lowest BCUT2D eigenvalue weighted by atomic mass is 10.0. The number of carbonyl (C=O) groups excluding carboxylic acids is 2. The predicted octanol–water partition coefficient (Wildman–Crippen LogP) is 4.83. The second-order valence-electron chi connectivity index (χ2n) is 9.82. The van der Waals surface area contributed by atoms with Gasteiger partial charge in [-0.1, -0.05) is 12.1 Å². The molecule has 0 bridgehead atoms. The highest BCUT2D eigenvalue weighted by molar-refractivity contribution is 5.98. The van der Waals surface area contributed by atoms with Crippen molar-refractivity contribution in [3.63, 3.8) is 0 Å². The van der Waals surface area contributed by atoms with E-state index in [9.17, 15) is 14.0 Å². The van der Waals surface area contributed by atoms with Crippen molar-refractivity contribution in [3.05, 3.63) is 77.2 Å². The lowest BCUT2D eigenvalue weighted by Gasteiger charge is -2.15. The molecule has 40 heavy (non-hydrogen) atoms. The van der Waals surface area contributed by atoms with E-state index < -0.39 is 12.0 Å². The summed E-state index contributed by atoms with van der Waals surface area (Å²) in [5, 5.41) is 2.85. The lowest BCUT2D eigenvalue weighted by molar-refractivity contribution is 0.0462. The molecular formula is C30H34FN3O6.